The number of carbonyl (C=O) groups excluding carboxylic acids is 2. The first kappa shape index (κ1) is 25.1. The maximum absolute atomic E-state index is 13.5. The van der Waals surface area contributed by atoms with Crippen LogP contribution in [-0.2, 0) is 4.79 Å². The van der Waals surface area contributed by atoms with Crippen LogP contribution in [0.3, 0.4) is 0 Å². The van der Waals surface area contributed by atoms with Gasteiger partial charge >= 0.3 is 5.69 Å². The van der Waals surface area contributed by atoms with E-state index in [9.17, 15) is 14.4 Å². The van der Waals surface area contributed by atoms with Crippen molar-refractivity contribution in [1.82, 2.24) is 24.5 Å². The van der Waals surface area contributed by atoms with Gasteiger partial charge in [0, 0.05) is 44.0 Å². The SMILES string of the molecule is COc1cc(C(=O)c2cc(N3CCC(n4c(=O)[nH]c5ncccc54)CC3)nc(C)n2)cc(C)c1N(C)C=O. The Kier molecular flexibility index (Phi) is 6.66. The van der Waals surface area contributed by atoms with Crippen molar-refractivity contribution < 1.29 is 14.3 Å². The number of piperidine rings is 1. The fraction of sp³-hybridized carbons (Fsp3) is 0.333. The molecule has 11 heteroatoms. The molecule has 0 radical (unpaired) electrons. The summed E-state index contributed by atoms with van der Waals surface area (Å²) in [5.41, 5.74) is 3.28. The van der Waals surface area contributed by atoms with Gasteiger partial charge in [-0.15, -0.1) is 0 Å². The number of nitrogens with one attached hydrogen (secondary N) is 1. The predicted octanol–water partition coefficient (Wildman–Crippen LogP) is 2.81. The molecule has 5 rings (SSSR count). The number of ether oxygens (including phenoxy) is 1. The van der Waals surface area contributed by atoms with E-state index in [1.54, 1.807) is 42.9 Å². The standard InChI is InChI=1S/C27H29N7O4/c1-16-12-18(13-22(38-4)24(16)32(3)15-35)25(36)20-14-23(30-17(2)29-20)33-10-7-19(8-11-33)34-21-6-5-9-28-26(21)31-27(34)37/h5-6,9,12-15,19H,7-8,10-11H2,1-4H3,(H,28,31,37). The van der Waals surface area contributed by atoms with Crippen LogP contribution in [0.25, 0.3) is 11.2 Å². The Labute approximate surface area is 219 Å². The molecule has 0 bridgehead atoms. The molecule has 1 aliphatic rings. The van der Waals surface area contributed by atoms with Crippen LogP contribution in [0.15, 0.2) is 41.3 Å². The molecule has 1 aromatic carbocycles. The van der Waals surface area contributed by atoms with Gasteiger partial charge in [-0.2, -0.15) is 0 Å². The molecule has 1 N–H and O–H groups in total. The summed E-state index contributed by atoms with van der Waals surface area (Å²) in [5, 5.41) is 0. The number of rotatable bonds is 7. The molecule has 1 saturated heterocycles. The van der Waals surface area contributed by atoms with Crippen molar-refractivity contribution in [3.05, 3.63) is 69.7 Å². The van der Waals surface area contributed by atoms with E-state index < -0.39 is 0 Å². The number of nitrogens with zero attached hydrogens (tertiary/aromatic N) is 6. The summed E-state index contributed by atoms with van der Waals surface area (Å²) in [5.74, 6) is 1.34. The van der Waals surface area contributed by atoms with Crippen molar-refractivity contribution in [1.29, 1.82) is 0 Å². The number of ketones is 1. The van der Waals surface area contributed by atoms with Gasteiger partial charge in [0.05, 0.1) is 18.3 Å². The Bertz CT molecular complexity index is 1580. The van der Waals surface area contributed by atoms with E-state index in [1.807, 2.05) is 19.1 Å². The molecule has 0 saturated carbocycles. The van der Waals surface area contributed by atoms with Crippen LogP contribution in [0.2, 0.25) is 0 Å². The number of anilines is 2. The van der Waals surface area contributed by atoms with Gasteiger partial charge in [0.2, 0.25) is 12.2 Å². The van der Waals surface area contributed by atoms with E-state index in [-0.39, 0.29) is 23.2 Å². The van der Waals surface area contributed by atoms with Gasteiger partial charge in [-0.3, -0.25) is 19.1 Å². The third-order valence-electron chi connectivity index (χ3n) is 6.96. The van der Waals surface area contributed by atoms with E-state index >= 15 is 0 Å². The van der Waals surface area contributed by atoms with Gasteiger partial charge in [-0.25, -0.2) is 19.7 Å². The molecule has 0 aliphatic carbocycles. The molecule has 0 unspecified atom stereocenters. The van der Waals surface area contributed by atoms with Crippen LogP contribution >= 0.6 is 0 Å². The minimum absolute atomic E-state index is 0.0409. The highest BCUT2D eigenvalue weighted by molar-refractivity contribution is 6.09. The number of aromatic nitrogens is 5. The lowest BCUT2D eigenvalue weighted by Crippen LogP contribution is -2.37. The summed E-state index contributed by atoms with van der Waals surface area (Å²) >= 11 is 0. The number of imidazole rings is 1. The molecule has 3 aromatic heterocycles. The number of hydrogen-bond donors (Lipinski definition) is 1. The van der Waals surface area contributed by atoms with Crippen LogP contribution in [0.1, 0.15) is 46.3 Å². The first-order valence-electron chi connectivity index (χ1n) is 12.4. The second kappa shape index (κ2) is 10.1. The van der Waals surface area contributed by atoms with Crippen LogP contribution in [0.5, 0.6) is 5.75 Å². The lowest BCUT2D eigenvalue weighted by Gasteiger charge is -2.33. The number of amides is 1. The lowest BCUT2D eigenvalue weighted by atomic mass is 10.0. The Morgan fingerprint density at radius 1 is 1.18 bits per heavy atom. The molecule has 11 nitrogen and oxygen atoms in total. The fourth-order valence-corrected chi connectivity index (χ4v) is 5.19. The third-order valence-corrected chi connectivity index (χ3v) is 6.96. The molecule has 1 aliphatic heterocycles. The summed E-state index contributed by atoms with van der Waals surface area (Å²) in [6, 6.07) is 8.84. The molecular weight excluding hydrogens is 486 g/mol. The highest BCUT2D eigenvalue weighted by Gasteiger charge is 2.26. The van der Waals surface area contributed by atoms with Crippen molar-refractivity contribution in [2.24, 2.45) is 0 Å². The average molecular weight is 516 g/mol. The molecule has 4 aromatic rings. The summed E-state index contributed by atoms with van der Waals surface area (Å²) < 4.78 is 7.26. The molecule has 4 heterocycles. The maximum Gasteiger partial charge on any atom is 0.327 e. The summed E-state index contributed by atoms with van der Waals surface area (Å²) in [7, 11) is 3.14. The number of carbonyl (C=O) groups is 2. The number of methoxy groups -OCH3 is 1. The van der Waals surface area contributed by atoms with Crippen molar-refractivity contribution in [2.45, 2.75) is 32.7 Å². The molecule has 0 spiro atoms. The molecule has 1 fully saturated rings. The van der Waals surface area contributed by atoms with Crippen molar-refractivity contribution in [3.63, 3.8) is 0 Å². The summed E-state index contributed by atoms with van der Waals surface area (Å²) in [6.07, 6.45) is 3.85. The van der Waals surface area contributed by atoms with Crippen LogP contribution in [-0.4, -0.2) is 63.9 Å². The summed E-state index contributed by atoms with van der Waals surface area (Å²) in [6.45, 7) is 4.94. The first-order chi connectivity index (χ1) is 18.3. The van der Waals surface area contributed by atoms with Gasteiger partial charge in [-0.05, 0) is 56.5 Å². The van der Waals surface area contributed by atoms with Crippen LogP contribution in [0, 0.1) is 13.8 Å². The Hall–Kier alpha value is -4.54. The zero-order valence-electron chi connectivity index (χ0n) is 21.8. The average Bonchev–Trinajstić information content (AvgIpc) is 3.27. The Morgan fingerprint density at radius 2 is 1.95 bits per heavy atom. The lowest BCUT2D eigenvalue weighted by molar-refractivity contribution is -0.107. The minimum atomic E-state index is -0.258. The summed E-state index contributed by atoms with van der Waals surface area (Å²) in [4.78, 5) is 57.0. The highest BCUT2D eigenvalue weighted by Crippen LogP contribution is 2.33. The van der Waals surface area contributed by atoms with Gasteiger partial charge in [0.25, 0.3) is 0 Å². The normalized spacial score (nSPS) is 14.1. The zero-order chi connectivity index (χ0) is 27.0. The van der Waals surface area contributed by atoms with Gasteiger partial charge < -0.3 is 14.5 Å². The minimum Gasteiger partial charge on any atom is -0.495 e. The zero-order valence-corrected chi connectivity index (χ0v) is 21.8. The number of hydrogen-bond acceptors (Lipinski definition) is 8. The van der Waals surface area contributed by atoms with E-state index in [1.165, 1.54) is 12.0 Å². The Balaban J connectivity index is 1.39. The highest BCUT2D eigenvalue weighted by atomic mass is 16.5. The second-order valence-corrected chi connectivity index (χ2v) is 9.44. The van der Waals surface area contributed by atoms with Gasteiger partial charge in [-0.1, -0.05) is 0 Å². The van der Waals surface area contributed by atoms with E-state index in [4.69, 9.17) is 4.74 Å². The third kappa shape index (κ3) is 4.51. The van der Waals surface area contributed by atoms with Crippen molar-refractivity contribution >= 4 is 34.9 Å². The van der Waals surface area contributed by atoms with Crippen molar-refractivity contribution in [2.75, 3.05) is 37.0 Å². The number of aromatic amines is 1. The van der Waals surface area contributed by atoms with Crippen LogP contribution < -0.4 is 20.2 Å². The monoisotopic (exact) mass is 515 g/mol. The van der Waals surface area contributed by atoms with E-state index in [0.717, 1.165) is 23.9 Å². The fourth-order valence-electron chi connectivity index (χ4n) is 5.19. The van der Waals surface area contributed by atoms with E-state index in [0.29, 0.717) is 53.8 Å². The Morgan fingerprint density at radius 3 is 2.66 bits per heavy atom. The maximum atomic E-state index is 13.5. The van der Waals surface area contributed by atoms with Gasteiger partial charge in [0.1, 0.15) is 23.1 Å². The van der Waals surface area contributed by atoms with E-state index in [2.05, 4.69) is 24.8 Å². The first-order valence-corrected chi connectivity index (χ1v) is 12.4. The number of H-pyrrole nitrogens is 1. The largest absolute Gasteiger partial charge is 0.495 e. The molecule has 1 amide bonds. The number of pyridine rings is 1. The number of benzene rings is 1. The quantitative estimate of drug-likeness (QED) is 0.294. The van der Waals surface area contributed by atoms with Gasteiger partial charge in [0.15, 0.2) is 5.65 Å². The number of fused-ring (bicyclic) bond motifs is 1. The second-order valence-electron chi connectivity index (χ2n) is 9.44. The molecule has 196 valence electrons. The molecule has 38 heavy (non-hydrogen) atoms. The number of aryl methyl sites for hydroxylation is 2. The van der Waals surface area contributed by atoms with Crippen molar-refractivity contribution in [3.8, 4) is 5.75 Å². The predicted molar refractivity (Wildman–Crippen MR) is 143 cm³/mol. The smallest absolute Gasteiger partial charge is 0.327 e. The topological polar surface area (TPSA) is 126 Å². The molecular formula is C27H29N7O4. The molecule has 0 atom stereocenters. The van der Waals surface area contributed by atoms with Crippen LogP contribution in [0.4, 0.5) is 11.5 Å².